The maximum Gasteiger partial charge on any atom is 0.232 e. The van der Waals surface area contributed by atoms with Gasteiger partial charge in [0.2, 0.25) is 15.9 Å². The lowest BCUT2D eigenvalue weighted by Gasteiger charge is -2.09. The maximum atomic E-state index is 12.1. The lowest BCUT2D eigenvalue weighted by atomic mass is 10.1. The number of halogens is 2. The van der Waals surface area contributed by atoms with Gasteiger partial charge in [0.05, 0.1) is 12.2 Å². The van der Waals surface area contributed by atoms with E-state index in [1.807, 2.05) is 0 Å². The van der Waals surface area contributed by atoms with Crippen LogP contribution in [0, 0.1) is 0 Å². The van der Waals surface area contributed by atoms with E-state index >= 15 is 0 Å². The molecule has 128 valence electrons. The first kappa shape index (κ1) is 18.6. The first-order chi connectivity index (χ1) is 11.3. The molecule has 0 aliphatic carbocycles. The molecule has 0 unspecified atom stereocenters. The number of hydrogen-bond donors (Lipinski definition) is 2. The van der Waals surface area contributed by atoms with Gasteiger partial charge in [-0.05, 0) is 48.9 Å². The number of benzene rings is 2. The normalized spacial score (nSPS) is 11.1. The number of amides is 1. The Balaban J connectivity index is 1.99. The molecule has 24 heavy (non-hydrogen) atoms. The highest BCUT2D eigenvalue weighted by Crippen LogP contribution is 2.22. The van der Waals surface area contributed by atoms with Crippen LogP contribution in [0.3, 0.4) is 0 Å². The summed E-state index contributed by atoms with van der Waals surface area (Å²) >= 11 is 11.9. The minimum atomic E-state index is -3.32. The minimum absolute atomic E-state index is 0.00661. The van der Waals surface area contributed by atoms with Gasteiger partial charge in [0.1, 0.15) is 0 Å². The lowest BCUT2D eigenvalue weighted by molar-refractivity contribution is -0.115. The molecule has 0 aliphatic heterocycles. The summed E-state index contributed by atoms with van der Waals surface area (Å²) in [5.74, 6) is -0.242. The van der Waals surface area contributed by atoms with E-state index in [0.717, 1.165) is 0 Å². The zero-order valence-electron chi connectivity index (χ0n) is 12.8. The van der Waals surface area contributed by atoms with Crippen LogP contribution in [0.5, 0.6) is 0 Å². The molecule has 8 heteroatoms. The second-order valence-electron chi connectivity index (χ2n) is 5.04. The standard InChI is InChI=1S/C16H16Cl2N2O3S/c1-2-24(22,23)20-14-7-5-13(6-8-14)19-16(21)9-11-3-4-12(17)10-15(11)18/h3-8,10,20H,2,9H2,1H3,(H,19,21). The Morgan fingerprint density at radius 2 is 1.67 bits per heavy atom. The van der Waals surface area contributed by atoms with E-state index in [0.29, 0.717) is 27.0 Å². The molecule has 0 heterocycles. The fraction of sp³-hybridized carbons (Fsp3) is 0.188. The van der Waals surface area contributed by atoms with Crippen LogP contribution < -0.4 is 10.0 Å². The van der Waals surface area contributed by atoms with Crippen LogP contribution in [0.4, 0.5) is 11.4 Å². The number of nitrogens with one attached hydrogen (secondary N) is 2. The molecule has 0 bridgehead atoms. The van der Waals surface area contributed by atoms with Crippen molar-refractivity contribution >= 4 is 50.5 Å². The zero-order valence-corrected chi connectivity index (χ0v) is 15.2. The van der Waals surface area contributed by atoms with E-state index in [4.69, 9.17) is 23.2 Å². The predicted molar refractivity (Wildman–Crippen MR) is 98.3 cm³/mol. The fourth-order valence-corrected chi connectivity index (χ4v) is 3.03. The Kier molecular flexibility index (Phi) is 6.10. The molecule has 2 aromatic carbocycles. The number of hydrogen-bond acceptors (Lipinski definition) is 3. The summed E-state index contributed by atoms with van der Waals surface area (Å²) < 4.78 is 25.4. The van der Waals surface area contributed by atoms with Gasteiger partial charge in [-0.25, -0.2) is 8.42 Å². The molecule has 0 fully saturated rings. The van der Waals surface area contributed by atoms with Crippen LogP contribution in [0.2, 0.25) is 10.0 Å². The molecule has 0 radical (unpaired) electrons. The van der Waals surface area contributed by atoms with Crippen molar-refractivity contribution in [1.29, 1.82) is 0 Å². The van der Waals surface area contributed by atoms with E-state index in [-0.39, 0.29) is 18.1 Å². The zero-order chi connectivity index (χ0) is 17.7. The summed E-state index contributed by atoms with van der Waals surface area (Å²) in [5.41, 5.74) is 1.67. The van der Waals surface area contributed by atoms with Crippen LogP contribution in [0.15, 0.2) is 42.5 Å². The van der Waals surface area contributed by atoms with Gasteiger partial charge < -0.3 is 5.32 Å². The number of rotatable bonds is 6. The highest BCUT2D eigenvalue weighted by atomic mass is 35.5. The van der Waals surface area contributed by atoms with Crippen LogP contribution in [0.1, 0.15) is 12.5 Å². The molecule has 0 atom stereocenters. The molecule has 0 saturated heterocycles. The van der Waals surface area contributed by atoms with Crippen molar-refractivity contribution in [2.75, 3.05) is 15.8 Å². The van der Waals surface area contributed by atoms with Gasteiger partial charge in [-0.15, -0.1) is 0 Å². The Morgan fingerprint density at radius 1 is 1.04 bits per heavy atom. The average Bonchev–Trinajstić information content (AvgIpc) is 2.52. The predicted octanol–water partition coefficient (Wildman–Crippen LogP) is 3.94. The largest absolute Gasteiger partial charge is 0.326 e. The highest BCUT2D eigenvalue weighted by molar-refractivity contribution is 7.92. The summed E-state index contributed by atoms with van der Waals surface area (Å²) in [6.07, 6.45) is 0.111. The number of anilines is 2. The van der Waals surface area contributed by atoms with Gasteiger partial charge in [-0.2, -0.15) is 0 Å². The molecule has 2 rings (SSSR count). The first-order valence-corrected chi connectivity index (χ1v) is 9.54. The number of carbonyl (C=O) groups is 1. The van der Waals surface area contributed by atoms with Crippen LogP contribution in [-0.2, 0) is 21.2 Å². The third kappa shape index (κ3) is 5.40. The SMILES string of the molecule is CCS(=O)(=O)Nc1ccc(NC(=O)Cc2ccc(Cl)cc2Cl)cc1. The monoisotopic (exact) mass is 386 g/mol. The molecule has 2 aromatic rings. The van der Waals surface area contributed by atoms with E-state index in [1.54, 1.807) is 49.4 Å². The van der Waals surface area contributed by atoms with Crippen molar-refractivity contribution in [2.24, 2.45) is 0 Å². The lowest BCUT2D eigenvalue weighted by Crippen LogP contribution is -2.16. The first-order valence-electron chi connectivity index (χ1n) is 7.13. The van der Waals surface area contributed by atoms with Gasteiger partial charge in [-0.3, -0.25) is 9.52 Å². The summed E-state index contributed by atoms with van der Waals surface area (Å²) in [4.78, 5) is 12.1. The molecule has 0 aliphatic rings. The highest BCUT2D eigenvalue weighted by Gasteiger charge is 2.09. The van der Waals surface area contributed by atoms with Crippen molar-refractivity contribution in [1.82, 2.24) is 0 Å². The van der Waals surface area contributed by atoms with Crippen molar-refractivity contribution < 1.29 is 13.2 Å². The molecular weight excluding hydrogens is 371 g/mol. The fourth-order valence-electron chi connectivity index (χ4n) is 1.92. The molecule has 0 spiro atoms. The van der Waals surface area contributed by atoms with Crippen molar-refractivity contribution in [3.8, 4) is 0 Å². The van der Waals surface area contributed by atoms with Gasteiger partial charge in [0.25, 0.3) is 0 Å². The summed E-state index contributed by atoms with van der Waals surface area (Å²) in [5, 5.41) is 3.67. The summed E-state index contributed by atoms with van der Waals surface area (Å²) in [6, 6.07) is 11.4. The van der Waals surface area contributed by atoms with E-state index < -0.39 is 10.0 Å². The van der Waals surface area contributed by atoms with E-state index in [2.05, 4.69) is 10.0 Å². The van der Waals surface area contributed by atoms with E-state index in [1.165, 1.54) is 0 Å². The topological polar surface area (TPSA) is 75.3 Å². The summed E-state index contributed by atoms with van der Waals surface area (Å²) in [6.45, 7) is 1.55. The Hall–Kier alpha value is -1.76. The van der Waals surface area contributed by atoms with Gasteiger partial charge in [0.15, 0.2) is 0 Å². The van der Waals surface area contributed by atoms with E-state index in [9.17, 15) is 13.2 Å². The molecule has 0 saturated carbocycles. The Morgan fingerprint density at radius 3 is 2.25 bits per heavy atom. The quantitative estimate of drug-likeness (QED) is 0.789. The second kappa shape index (κ2) is 7.88. The number of carbonyl (C=O) groups excluding carboxylic acids is 1. The Bertz CT molecular complexity index is 837. The van der Waals surface area contributed by atoms with Crippen molar-refractivity contribution in [2.45, 2.75) is 13.3 Å². The molecule has 5 nitrogen and oxygen atoms in total. The second-order valence-corrected chi connectivity index (χ2v) is 7.90. The summed E-state index contributed by atoms with van der Waals surface area (Å²) in [7, 11) is -3.32. The maximum absolute atomic E-state index is 12.1. The smallest absolute Gasteiger partial charge is 0.232 e. The minimum Gasteiger partial charge on any atom is -0.326 e. The molecule has 2 N–H and O–H groups in total. The molecule has 0 aromatic heterocycles. The number of sulfonamides is 1. The van der Waals surface area contributed by atoms with Crippen molar-refractivity contribution in [3.05, 3.63) is 58.1 Å². The third-order valence-electron chi connectivity index (χ3n) is 3.19. The van der Waals surface area contributed by atoms with Crippen LogP contribution >= 0.6 is 23.2 Å². The van der Waals surface area contributed by atoms with Gasteiger partial charge >= 0.3 is 0 Å². The van der Waals surface area contributed by atoms with Crippen LogP contribution in [-0.4, -0.2) is 20.1 Å². The Labute approximate surface area is 151 Å². The van der Waals surface area contributed by atoms with Crippen LogP contribution in [0.25, 0.3) is 0 Å². The average molecular weight is 387 g/mol. The van der Waals surface area contributed by atoms with Gasteiger partial charge in [-0.1, -0.05) is 29.3 Å². The molecule has 1 amide bonds. The molecular formula is C16H16Cl2N2O3S. The third-order valence-corrected chi connectivity index (χ3v) is 5.08. The van der Waals surface area contributed by atoms with Crippen molar-refractivity contribution in [3.63, 3.8) is 0 Å². The van der Waals surface area contributed by atoms with Gasteiger partial charge in [0, 0.05) is 21.4 Å².